The number of nitriles is 1. The lowest BCUT2D eigenvalue weighted by Gasteiger charge is -2.23. The number of aromatic nitrogens is 4. The number of imidazole rings is 1. The van der Waals surface area contributed by atoms with Crippen molar-refractivity contribution in [3.05, 3.63) is 42.1 Å². The summed E-state index contributed by atoms with van der Waals surface area (Å²) in [5.41, 5.74) is 4.27. The molecule has 1 fully saturated rings. The van der Waals surface area contributed by atoms with Gasteiger partial charge in [0.05, 0.1) is 17.9 Å². The molecule has 1 aliphatic rings. The molecule has 8 heteroatoms. The Labute approximate surface area is 157 Å². The first-order chi connectivity index (χ1) is 13.0. The van der Waals surface area contributed by atoms with Crippen molar-refractivity contribution in [1.82, 2.24) is 29.0 Å². The average Bonchev–Trinajstić information content (AvgIpc) is 3.37. The lowest BCUT2D eigenvalue weighted by atomic mass is 10.1. The Balaban J connectivity index is 1.63. The fourth-order valence-electron chi connectivity index (χ4n) is 3.68. The number of rotatable bonds is 3. The van der Waals surface area contributed by atoms with Gasteiger partial charge in [-0.25, -0.2) is 4.98 Å². The predicted octanol–water partition coefficient (Wildman–Crippen LogP) is 1.67. The van der Waals surface area contributed by atoms with E-state index >= 15 is 0 Å². The molecule has 1 atom stereocenters. The van der Waals surface area contributed by atoms with Gasteiger partial charge >= 0.3 is 0 Å². The summed E-state index contributed by atoms with van der Waals surface area (Å²) in [5.74, 6) is -0.0856. The van der Waals surface area contributed by atoms with E-state index in [9.17, 15) is 4.79 Å². The van der Waals surface area contributed by atoms with Gasteiger partial charge in [-0.15, -0.1) is 0 Å². The molecular weight excluding hydrogens is 342 g/mol. The van der Waals surface area contributed by atoms with Gasteiger partial charge in [0, 0.05) is 45.1 Å². The largest absolute Gasteiger partial charge is 0.336 e. The topological polar surface area (TPSA) is 82.5 Å². The van der Waals surface area contributed by atoms with E-state index in [1.54, 1.807) is 27.7 Å². The molecule has 0 radical (unpaired) electrons. The van der Waals surface area contributed by atoms with Crippen LogP contribution in [0.15, 0.2) is 30.7 Å². The van der Waals surface area contributed by atoms with Crippen LogP contribution >= 0.6 is 0 Å². The van der Waals surface area contributed by atoms with Crippen molar-refractivity contribution in [1.29, 1.82) is 5.26 Å². The van der Waals surface area contributed by atoms with Crippen LogP contribution in [0.4, 0.5) is 0 Å². The smallest absolute Gasteiger partial charge is 0.272 e. The third-order valence-corrected chi connectivity index (χ3v) is 5.23. The molecule has 8 nitrogen and oxygen atoms in total. The van der Waals surface area contributed by atoms with E-state index in [0.29, 0.717) is 18.8 Å². The molecule has 138 valence electrons. The molecule has 0 saturated carbocycles. The fourth-order valence-corrected chi connectivity index (χ4v) is 3.68. The van der Waals surface area contributed by atoms with Gasteiger partial charge in [0.2, 0.25) is 0 Å². The molecule has 1 aliphatic heterocycles. The number of carbonyl (C=O) groups excluding carboxylic acids is 1. The van der Waals surface area contributed by atoms with Gasteiger partial charge in [0.1, 0.15) is 11.3 Å². The molecular formula is C19H21N7O. The molecule has 0 spiro atoms. The van der Waals surface area contributed by atoms with Crippen LogP contribution < -0.4 is 0 Å². The molecule has 3 aromatic rings. The molecule has 0 aliphatic carbocycles. The Bertz CT molecular complexity index is 1060. The Kier molecular flexibility index (Phi) is 4.07. The number of pyridine rings is 1. The number of hydrogen-bond acceptors (Lipinski definition) is 5. The van der Waals surface area contributed by atoms with Crippen LogP contribution in [0, 0.1) is 18.4 Å². The van der Waals surface area contributed by atoms with Gasteiger partial charge in [0.15, 0.2) is 6.19 Å². The Morgan fingerprint density at radius 3 is 2.93 bits per heavy atom. The second kappa shape index (κ2) is 6.43. The monoisotopic (exact) mass is 363 g/mol. The van der Waals surface area contributed by atoms with E-state index in [-0.39, 0.29) is 11.9 Å². The lowest BCUT2D eigenvalue weighted by molar-refractivity contribution is 0.0732. The summed E-state index contributed by atoms with van der Waals surface area (Å²) in [6.07, 6.45) is 8.42. The number of carbonyl (C=O) groups is 1. The van der Waals surface area contributed by atoms with Crippen LogP contribution in [-0.2, 0) is 7.05 Å². The highest BCUT2D eigenvalue weighted by Crippen LogP contribution is 2.24. The van der Waals surface area contributed by atoms with Gasteiger partial charge in [-0.3, -0.25) is 13.9 Å². The van der Waals surface area contributed by atoms with Crippen LogP contribution in [0.25, 0.3) is 16.8 Å². The third kappa shape index (κ3) is 2.91. The zero-order chi connectivity index (χ0) is 19.1. The summed E-state index contributed by atoms with van der Waals surface area (Å²) in [6, 6.07) is 3.98. The number of nitrogens with zero attached hydrogens (tertiary/aromatic N) is 7. The van der Waals surface area contributed by atoms with Crippen molar-refractivity contribution >= 4 is 11.6 Å². The predicted molar refractivity (Wildman–Crippen MR) is 99.8 cm³/mol. The molecule has 4 heterocycles. The number of likely N-dealkylation sites (tertiary alicyclic amines) is 1. The van der Waals surface area contributed by atoms with E-state index in [2.05, 4.69) is 16.3 Å². The quantitative estimate of drug-likeness (QED) is 0.661. The first-order valence-electron chi connectivity index (χ1n) is 8.87. The minimum Gasteiger partial charge on any atom is -0.336 e. The van der Waals surface area contributed by atoms with E-state index in [1.807, 2.05) is 42.9 Å². The number of aryl methyl sites for hydroxylation is 2. The van der Waals surface area contributed by atoms with Crippen molar-refractivity contribution in [2.75, 3.05) is 20.1 Å². The molecule has 3 aromatic heterocycles. The maximum absolute atomic E-state index is 13.0. The summed E-state index contributed by atoms with van der Waals surface area (Å²) < 4.78 is 3.60. The van der Waals surface area contributed by atoms with Gasteiger partial charge < -0.3 is 9.80 Å². The van der Waals surface area contributed by atoms with Crippen molar-refractivity contribution in [2.45, 2.75) is 19.4 Å². The van der Waals surface area contributed by atoms with Crippen molar-refractivity contribution in [2.24, 2.45) is 7.05 Å². The summed E-state index contributed by atoms with van der Waals surface area (Å²) in [4.78, 5) is 20.8. The van der Waals surface area contributed by atoms with Crippen molar-refractivity contribution in [3.8, 4) is 17.3 Å². The highest BCUT2D eigenvalue weighted by molar-refractivity contribution is 5.93. The highest BCUT2D eigenvalue weighted by atomic mass is 16.2. The first-order valence-corrected chi connectivity index (χ1v) is 8.87. The zero-order valence-electron chi connectivity index (χ0n) is 15.6. The Morgan fingerprint density at radius 1 is 1.44 bits per heavy atom. The summed E-state index contributed by atoms with van der Waals surface area (Å²) >= 11 is 0. The summed E-state index contributed by atoms with van der Waals surface area (Å²) in [6.45, 7) is 3.25. The number of likely N-dealkylation sites (N-methyl/N-ethyl adjacent to an activating group) is 1. The molecule has 0 aromatic carbocycles. The second-order valence-corrected chi connectivity index (χ2v) is 6.99. The normalized spacial score (nSPS) is 16.7. The third-order valence-electron chi connectivity index (χ3n) is 5.23. The fraction of sp³-hybridized carbons (Fsp3) is 0.368. The minimum absolute atomic E-state index is 0.0417. The number of fused-ring (bicyclic) bond motifs is 1. The average molecular weight is 363 g/mol. The van der Waals surface area contributed by atoms with Crippen LogP contribution in [0.2, 0.25) is 0 Å². The molecule has 1 saturated heterocycles. The molecule has 1 amide bonds. The van der Waals surface area contributed by atoms with Crippen LogP contribution in [0.3, 0.4) is 0 Å². The second-order valence-electron chi connectivity index (χ2n) is 6.99. The van der Waals surface area contributed by atoms with Gasteiger partial charge in [0.25, 0.3) is 5.91 Å². The molecule has 4 rings (SSSR count). The van der Waals surface area contributed by atoms with Crippen LogP contribution in [0.5, 0.6) is 0 Å². The minimum atomic E-state index is -0.0856. The number of hydrogen-bond donors (Lipinski definition) is 0. The van der Waals surface area contributed by atoms with Crippen molar-refractivity contribution < 1.29 is 4.79 Å². The van der Waals surface area contributed by atoms with E-state index < -0.39 is 0 Å². The molecule has 0 bridgehead atoms. The van der Waals surface area contributed by atoms with Gasteiger partial charge in [-0.05, 0) is 31.0 Å². The summed E-state index contributed by atoms with van der Waals surface area (Å²) in [5, 5.41) is 13.4. The Hall–Kier alpha value is -3.34. The van der Waals surface area contributed by atoms with Crippen LogP contribution in [0.1, 0.15) is 22.6 Å². The highest BCUT2D eigenvalue weighted by Gasteiger charge is 2.29. The zero-order valence-corrected chi connectivity index (χ0v) is 15.6. The Morgan fingerprint density at radius 2 is 2.26 bits per heavy atom. The van der Waals surface area contributed by atoms with E-state index in [4.69, 9.17) is 5.26 Å². The van der Waals surface area contributed by atoms with Gasteiger partial charge in [-0.2, -0.15) is 10.4 Å². The van der Waals surface area contributed by atoms with Gasteiger partial charge in [-0.1, -0.05) is 0 Å². The first kappa shape index (κ1) is 17.1. The molecule has 1 unspecified atom stereocenters. The summed E-state index contributed by atoms with van der Waals surface area (Å²) in [7, 11) is 3.69. The molecule has 27 heavy (non-hydrogen) atoms. The standard InChI is InChI=1S/C19H21N7O/c1-13-16(11-23(2)22-13)14-4-7-26-17(9-21-18(26)8-14)19(27)24(3)15-5-6-25(10-15)12-20/h4,7-9,11,15H,5-6,10H2,1-3H3. The number of amides is 1. The maximum atomic E-state index is 13.0. The van der Waals surface area contributed by atoms with Crippen molar-refractivity contribution in [3.63, 3.8) is 0 Å². The SMILES string of the molecule is Cc1nn(C)cc1-c1ccn2c(C(=O)N(C)C3CCN(C#N)C3)cnc2c1. The van der Waals surface area contributed by atoms with E-state index in [0.717, 1.165) is 28.9 Å². The van der Waals surface area contributed by atoms with Crippen LogP contribution in [-0.4, -0.2) is 61.1 Å². The maximum Gasteiger partial charge on any atom is 0.272 e. The van der Waals surface area contributed by atoms with E-state index in [1.165, 1.54) is 0 Å². The lowest BCUT2D eigenvalue weighted by Crippen LogP contribution is -2.39. The molecule has 0 N–H and O–H groups in total.